The molecule has 2 heterocycles. The van der Waals surface area contributed by atoms with Crippen LogP contribution in [0.15, 0.2) is 30.3 Å². The summed E-state index contributed by atoms with van der Waals surface area (Å²) in [5.74, 6) is -0.156. The van der Waals surface area contributed by atoms with Crippen molar-refractivity contribution in [1.29, 1.82) is 0 Å². The summed E-state index contributed by atoms with van der Waals surface area (Å²) in [6.45, 7) is 0. The molecule has 0 aromatic heterocycles. The molecule has 2 bridgehead atoms. The number of rotatable bonds is 1. The maximum absolute atomic E-state index is 12.8. The lowest BCUT2D eigenvalue weighted by atomic mass is 9.96. The van der Waals surface area contributed by atoms with E-state index in [1.165, 1.54) is 24.0 Å². The van der Waals surface area contributed by atoms with Crippen LogP contribution < -0.4 is 5.32 Å². The second-order valence-corrected chi connectivity index (χ2v) is 4.45. The Morgan fingerprint density at radius 3 is 2.56 bits per heavy atom. The van der Waals surface area contributed by atoms with Crippen LogP contribution >= 0.6 is 12.4 Å². The summed E-state index contributed by atoms with van der Waals surface area (Å²) in [6, 6.07) is 8.03. The Hall–Kier alpha value is -0.860. The van der Waals surface area contributed by atoms with Gasteiger partial charge >= 0.3 is 0 Å². The zero-order valence-corrected chi connectivity index (χ0v) is 9.77. The van der Waals surface area contributed by atoms with Crippen molar-refractivity contribution >= 4 is 18.0 Å². The van der Waals surface area contributed by atoms with E-state index in [1.54, 1.807) is 12.1 Å². The van der Waals surface area contributed by atoms with Gasteiger partial charge in [0.05, 0.1) is 0 Å². The zero-order valence-electron chi connectivity index (χ0n) is 8.95. The van der Waals surface area contributed by atoms with E-state index in [9.17, 15) is 4.39 Å². The number of nitrogens with one attached hydrogen (secondary N) is 1. The number of benzene rings is 1. The topological polar surface area (TPSA) is 12.0 Å². The van der Waals surface area contributed by atoms with E-state index in [0.29, 0.717) is 12.1 Å². The fourth-order valence-corrected chi connectivity index (χ4v) is 2.60. The van der Waals surface area contributed by atoms with E-state index in [2.05, 4.69) is 11.4 Å². The molecule has 1 saturated heterocycles. The van der Waals surface area contributed by atoms with Gasteiger partial charge in [-0.2, -0.15) is 0 Å². The van der Waals surface area contributed by atoms with Gasteiger partial charge in [-0.05, 0) is 42.5 Å². The van der Waals surface area contributed by atoms with Gasteiger partial charge < -0.3 is 5.32 Å². The molecular formula is C13H15ClFN. The van der Waals surface area contributed by atoms with Crippen LogP contribution in [0.5, 0.6) is 0 Å². The lowest BCUT2D eigenvalue weighted by molar-refractivity contribution is 0.575. The lowest BCUT2D eigenvalue weighted by Crippen LogP contribution is -2.31. The molecule has 1 aromatic carbocycles. The Labute approximate surface area is 101 Å². The van der Waals surface area contributed by atoms with Crippen LogP contribution in [0.2, 0.25) is 0 Å². The van der Waals surface area contributed by atoms with Gasteiger partial charge in [-0.1, -0.05) is 18.2 Å². The minimum atomic E-state index is -0.156. The van der Waals surface area contributed by atoms with Crippen LogP contribution in [0.1, 0.15) is 24.8 Å². The number of hydrogen-bond acceptors (Lipinski definition) is 1. The lowest BCUT2D eigenvalue weighted by Gasteiger charge is -2.21. The van der Waals surface area contributed by atoms with Gasteiger partial charge in [0.1, 0.15) is 5.82 Å². The van der Waals surface area contributed by atoms with Crippen LogP contribution in [0.25, 0.3) is 5.57 Å². The van der Waals surface area contributed by atoms with Gasteiger partial charge in [0.15, 0.2) is 0 Å². The standard InChI is InChI=1S/C13H14FN.ClH/c14-11-3-1-9(2-4-11)10-7-12-5-6-13(8-10)15-12;/h1-4,7,12-13,15H,5-6,8H2;1H. The van der Waals surface area contributed by atoms with Crippen molar-refractivity contribution in [2.75, 3.05) is 0 Å². The highest BCUT2D eigenvalue weighted by atomic mass is 35.5. The molecule has 1 N–H and O–H groups in total. The molecule has 3 rings (SSSR count). The molecule has 2 aliphatic rings. The minimum absolute atomic E-state index is 0. The first-order valence-electron chi connectivity index (χ1n) is 5.54. The molecule has 1 nitrogen and oxygen atoms in total. The summed E-state index contributed by atoms with van der Waals surface area (Å²) in [5, 5.41) is 3.55. The van der Waals surface area contributed by atoms with Crippen LogP contribution in [0.3, 0.4) is 0 Å². The molecule has 1 fully saturated rings. The summed E-state index contributed by atoms with van der Waals surface area (Å²) >= 11 is 0. The molecule has 1 aromatic rings. The maximum atomic E-state index is 12.8. The Bertz CT molecular complexity index is 399. The molecule has 0 radical (unpaired) electrons. The van der Waals surface area contributed by atoms with E-state index in [0.717, 1.165) is 6.42 Å². The van der Waals surface area contributed by atoms with Crippen molar-refractivity contribution in [3.63, 3.8) is 0 Å². The molecule has 86 valence electrons. The summed E-state index contributed by atoms with van der Waals surface area (Å²) in [4.78, 5) is 0. The molecule has 2 unspecified atom stereocenters. The monoisotopic (exact) mass is 239 g/mol. The Balaban J connectivity index is 0.000000963. The summed E-state index contributed by atoms with van der Waals surface area (Å²) in [5.41, 5.74) is 2.55. The first kappa shape index (κ1) is 11.6. The quantitative estimate of drug-likeness (QED) is 0.794. The molecule has 2 aliphatic heterocycles. The van der Waals surface area contributed by atoms with E-state index in [4.69, 9.17) is 0 Å². The van der Waals surface area contributed by atoms with Crippen LogP contribution in [0.4, 0.5) is 4.39 Å². The average molecular weight is 240 g/mol. The minimum Gasteiger partial charge on any atom is -0.307 e. The van der Waals surface area contributed by atoms with Gasteiger partial charge in [0.25, 0.3) is 0 Å². The largest absolute Gasteiger partial charge is 0.307 e. The van der Waals surface area contributed by atoms with Gasteiger partial charge in [-0.15, -0.1) is 12.4 Å². The molecule has 0 aliphatic carbocycles. The first-order chi connectivity index (χ1) is 7.31. The fraction of sp³-hybridized carbons (Fsp3) is 0.385. The second-order valence-electron chi connectivity index (χ2n) is 4.45. The number of hydrogen-bond donors (Lipinski definition) is 1. The SMILES string of the molecule is Cl.Fc1ccc(C2=CC3CCC(C2)N3)cc1. The molecule has 0 amide bonds. The third kappa shape index (κ3) is 2.13. The van der Waals surface area contributed by atoms with Gasteiger partial charge in [-0.3, -0.25) is 0 Å². The molecule has 16 heavy (non-hydrogen) atoms. The van der Waals surface area contributed by atoms with Crippen LogP contribution in [-0.4, -0.2) is 12.1 Å². The maximum Gasteiger partial charge on any atom is 0.123 e. The highest BCUT2D eigenvalue weighted by Crippen LogP contribution is 2.31. The van der Waals surface area contributed by atoms with Crippen molar-refractivity contribution in [3.05, 3.63) is 41.7 Å². The van der Waals surface area contributed by atoms with E-state index >= 15 is 0 Å². The van der Waals surface area contributed by atoms with Crippen molar-refractivity contribution in [2.24, 2.45) is 0 Å². The molecule has 0 spiro atoms. The van der Waals surface area contributed by atoms with Crippen molar-refractivity contribution in [1.82, 2.24) is 5.32 Å². The zero-order chi connectivity index (χ0) is 10.3. The van der Waals surface area contributed by atoms with Crippen LogP contribution in [-0.2, 0) is 0 Å². The highest BCUT2D eigenvalue weighted by Gasteiger charge is 2.27. The third-order valence-electron chi connectivity index (χ3n) is 3.36. The van der Waals surface area contributed by atoms with Gasteiger partial charge in [0.2, 0.25) is 0 Å². The van der Waals surface area contributed by atoms with Crippen molar-refractivity contribution in [3.8, 4) is 0 Å². The molecule has 3 heteroatoms. The van der Waals surface area contributed by atoms with E-state index < -0.39 is 0 Å². The highest BCUT2D eigenvalue weighted by molar-refractivity contribution is 5.85. The number of halogens is 2. The Morgan fingerprint density at radius 1 is 1.12 bits per heavy atom. The smallest absolute Gasteiger partial charge is 0.123 e. The Kier molecular flexibility index (Phi) is 3.31. The van der Waals surface area contributed by atoms with Crippen molar-refractivity contribution < 1.29 is 4.39 Å². The summed E-state index contributed by atoms with van der Waals surface area (Å²) in [6.07, 6.45) is 5.90. The number of fused-ring (bicyclic) bond motifs is 2. The first-order valence-corrected chi connectivity index (χ1v) is 5.54. The third-order valence-corrected chi connectivity index (χ3v) is 3.36. The van der Waals surface area contributed by atoms with E-state index in [-0.39, 0.29) is 18.2 Å². The normalized spacial score (nSPS) is 27.2. The van der Waals surface area contributed by atoms with Gasteiger partial charge in [-0.25, -0.2) is 4.39 Å². The Morgan fingerprint density at radius 2 is 1.88 bits per heavy atom. The van der Waals surface area contributed by atoms with Crippen LogP contribution in [0, 0.1) is 5.82 Å². The fourth-order valence-electron chi connectivity index (χ4n) is 2.60. The van der Waals surface area contributed by atoms with E-state index in [1.807, 2.05) is 12.1 Å². The summed E-state index contributed by atoms with van der Waals surface area (Å²) in [7, 11) is 0. The average Bonchev–Trinajstić information content (AvgIpc) is 2.59. The van der Waals surface area contributed by atoms with Gasteiger partial charge in [0, 0.05) is 12.1 Å². The molecule has 0 saturated carbocycles. The summed E-state index contributed by atoms with van der Waals surface area (Å²) < 4.78 is 12.8. The molecular weight excluding hydrogens is 225 g/mol. The second kappa shape index (κ2) is 4.56. The molecule has 2 atom stereocenters. The predicted molar refractivity (Wildman–Crippen MR) is 66.2 cm³/mol. The predicted octanol–water partition coefficient (Wildman–Crippen LogP) is 3.16. The van der Waals surface area contributed by atoms with Crippen molar-refractivity contribution in [2.45, 2.75) is 31.3 Å².